The van der Waals surface area contributed by atoms with Gasteiger partial charge in [0.2, 0.25) is 0 Å². The van der Waals surface area contributed by atoms with Crippen molar-refractivity contribution in [1.29, 1.82) is 0 Å². The third-order valence-electron chi connectivity index (χ3n) is 3.64. The number of hydrogen-bond acceptors (Lipinski definition) is 4. The lowest BCUT2D eigenvalue weighted by molar-refractivity contribution is 0.0934. The summed E-state index contributed by atoms with van der Waals surface area (Å²) in [5, 5.41) is 8.57. The maximum absolute atomic E-state index is 6.33. The van der Waals surface area contributed by atoms with E-state index in [1.54, 1.807) is 13.3 Å². The summed E-state index contributed by atoms with van der Waals surface area (Å²) in [5.41, 5.74) is 1.04. The molecule has 0 aliphatic carbocycles. The highest BCUT2D eigenvalue weighted by Gasteiger charge is 2.25. The maximum Gasteiger partial charge on any atom is 0.0834 e. The zero-order valence-electron chi connectivity index (χ0n) is 12.3. The van der Waals surface area contributed by atoms with Crippen LogP contribution in [0.15, 0.2) is 6.20 Å². The lowest BCUT2D eigenvalue weighted by Crippen LogP contribution is -2.28. The van der Waals surface area contributed by atoms with E-state index in [2.05, 4.69) is 17.3 Å². The molecular weight excluding hydrogens is 278 g/mol. The summed E-state index contributed by atoms with van der Waals surface area (Å²) in [7, 11) is 1.69. The Morgan fingerprint density at radius 2 is 2.50 bits per heavy atom. The van der Waals surface area contributed by atoms with Gasteiger partial charge in [0.05, 0.1) is 42.2 Å². The fourth-order valence-corrected chi connectivity index (χ4v) is 2.98. The van der Waals surface area contributed by atoms with E-state index >= 15 is 0 Å². The number of ether oxygens (including phenoxy) is 2. The number of aromatic nitrogens is 2. The molecule has 0 bridgehead atoms. The summed E-state index contributed by atoms with van der Waals surface area (Å²) in [4.78, 5) is 0. The van der Waals surface area contributed by atoms with Crippen LogP contribution in [0, 0.1) is 0 Å². The summed E-state index contributed by atoms with van der Waals surface area (Å²) in [6, 6.07) is 0.176. The number of nitrogens with zero attached hydrogens (tertiary/aromatic N) is 2. The Balaban J connectivity index is 2.11. The zero-order chi connectivity index (χ0) is 14.4. The first-order valence-electron chi connectivity index (χ1n) is 7.31. The van der Waals surface area contributed by atoms with Crippen molar-refractivity contribution in [3.63, 3.8) is 0 Å². The predicted molar refractivity (Wildman–Crippen MR) is 79.1 cm³/mol. The number of rotatable bonds is 8. The second kappa shape index (κ2) is 7.98. The molecule has 2 heterocycles. The molecule has 0 amide bonds. The molecule has 2 unspecified atom stereocenters. The molecule has 0 aromatic carbocycles. The van der Waals surface area contributed by atoms with Crippen molar-refractivity contribution >= 4 is 11.6 Å². The Labute approximate surface area is 125 Å². The Kier molecular flexibility index (Phi) is 6.29. The minimum absolute atomic E-state index is 0.176. The Morgan fingerprint density at radius 3 is 3.15 bits per heavy atom. The van der Waals surface area contributed by atoms with Gasteiger partial charge in [-0.3, -0.25) is 4.68 Å². The van der Waals surface area contributed by atoms with Crippen LogP contribution in [-0.2, 0) is 16.0 Å². The fraction of sp³-hybridized carbons (Fsp3) is 0.786. The van der Waals surface area contributed by atoms with Crippen LogP contribution in [0.5, 0.6) is 0 Å². The summed E-state index contributed by atoms with van der Waals surface area (Å²) in [5.74, 6) is 0. The van der Waals surface area contributed by atoms with Crippen molar-refractivity contribution in [1.82, 2.24) is 15.1 Å². The number of hydrogen-bond donors (Lipinski definition) is 1. The third-order valence-corrected chi connectivity index (χ3v) is 3.93. The molecule has 2 rings (SSSR count). The van der Waals surface area contributed by atoms with Gasteiger partial charge < -0.3 is 14.8 Å². The molecule has 6 heteroatoms. The van der Waals surface area contributed by atoms with Gasteiger partial charge in [0.25, 0.3) is 0 Å². The van der Waals surface area contributed by atoms with Crippen molar-refractivity contribution in [2.24, 2.45) is 0 Å². The van der Waals surface area contributed by atoms with Gasteiger partial charge in [0.15, 0.2) is 0 Å². The quantitative estimate of drug-likeness (QED) is 0.801. The molecule has 1 aromatic heterocycles. The van der Waals surface area contributed by atoms with Crippen molar-refractivity contribution in [2.75, 3.05) is 26.9 Å². The average molecular weight is 302 g/mol. The van der Waals surface area contributed by atoms with Gasteiger partial charge in [-0.05, 0) is 25.8 Å². The molecule has 0 saturated carbocycles. The van der Waals surface area contributed by atoms with Crippen LogP contribution in [0.4, 0.5) is 0 Å². The van der Waals surface area contributed by atoms with Crippen molar-refractivity contribution in [2.45, 2.75) is 44.9 Å². The highest BCUT2D eigenvalue weighted by Crippen LogP contribution is 2.29. The molecule has 1 aliphatic heterocycles. The van der Waals surface area contributed by atoms with E-state index in [4.69, 9.17) is 21.1 Å². The SMILES string of the molecule is CCNC(CC1CCCO1)c1c(Cl)cnn1CCOC. The van der Waals surface area contributed by atoms with E-state index in [9.17, 15) is 0 Å². The van der Waals surface area contributed by atoms with Crippen LogP contribution in [0.2, 0.25) is 5.02 Å². The van der Waals surface area contributed by atoms with E-state index in [1.165, 1.54) is 0 Å². The summed E-state index contributed by atoms with van der Waals surface area (Å²) < 4.78 is 12.8. The predicted octanol–water partition coefficient (Wildman–Crippen LogP) is 2.40. The Morgan fingerprint density at radius 1 is 1.65 bits per heavy atom. The molecule has 1 N–H and O–H groups in total. The average Bonchev–Trinajstić information content (AvgIpc) is 3.06. The topological polar surface area (TPSA) is 48.3 Å². The van der Waals surface area contributed by atoms with Crippen LogP contribution >= 0.6 is 11.6 Å². The first-order chi connectivity index (χ1) is 9.76. The standard InChI is InChI=1S/C14H24ClN3O2/c1-3-16-13(9-11-5-4-7-20-11)14-12(15)10-17-18(14)6-8-19-2/h10-11,13,16H,3-9H2,1-2H3. The second-order valence-corrected chi connectivity index (χ2v) is 5.48. The van der Waals surface area contributed by atoms with Gasteiger partial charge in [-0.25, -0.2) is 0 Å². The molecule has 20 heavy (non-hydrogen) atoms. The van der Waals surface area contributed by atoms with Gasteiger partial charge >= 0.3 is 0 Å². The van der Waals surface area contributed by atoms with Crippen molar-refractivity contribution in [3.05, 3.63) is 16.9 Å². The fourth-order valence-electron chi connectivity index (χ4n) is 2.71. The van der Waals surface area contributed by atoms with Gasteiger partial charge in [-0.2, -0.15) is 5.10 Å². The van der Waals surface area contributed by atoms with Gasteiger partial charge in [0.1, 0.15) is 0 Å². The number of halogens is 1. The van der Waals surface area contributed by atoms with Crippen LogP contribution < -0.4 is 5.32 Å². The van der Waals surface area contributed by atoms with Gasteiger partial charge in [-0.15, -0.1) is 0 Å². The summed E-state index contributed by atoms with van der Waals surface area (Å²) in [6.45, 7) is 5.21. The van der Waals surface area contributed by atoms with Crippen LogP contribution in [0.3, 0.4) is 0 Å². The molecule has 1 saturated heterocycles. The van der Waals surface area contributed by atoms with E-state index in [-0.39, 0.29) is 6.04 Å². The molecule has 1 aromatic rings. The first kappa shape index (κ1) is 15.8. The third kappa shape index (κ3) is 3.95. The highest BCUT2D eigenvalue weighted by molar-refractivity contribution is 6.31. The monoisotopic (exact) mass is 301 g/mol. The van der Waals surface area contributed by atoms with Crippen LogP contribution in [-0.4, -0.2) is 42.8 Å². The lowest BCUT2D eigenvalue weighted by atomic mass is 10.0. The smallest absolute Gasteiger partial charge is 0.0834 e. The van der Waals surface area contributed by atoms with Crippen molar-refractivity contribution < 1.29 is 9.47 Å². The zero-order valence-corrected chi connectivity index (χ0v) is 13.0. The second-order valence-electron chi connectivity index (χ2n) is 5.07. The van der Waals surface area contributed by atoms with Gasteiger partial charge in [0, 0.05) is 13.7 Å². The number of nitrogens with one attached hydrogen (secondary N) is 1. The minimum atomic E-state index is 0.176. The lowest BCUT2D eigenvalue weighted by Gasteiger charge is -2.22. The van der Waals surface area contributed by atoms with Crippen LogP contribution in [0.1, 0.15) is 37.9 Å². The molecule has 1 aliphatic rings. The number of methoxy groups -OCH3 is 1. The molecule has 114 valence electrons. The molecule has 1 fully saturated rings. The first-order valence-corrected chi connectivity index (χ1v) is 7.69. The normalized spacial score (nSPS) is 20.4. The molecule has 0 radical (unpaired) electrons. The van der Waals surface area contributed by atoms with Crippen LogP contribution in [0.25, 0.3) is 0 Å². The van der Waals surface area contributed by atoms with Crippen molar-refractivity contribution in [3.8, 4) is 0 Å². The van der Waals surface area contributed by atoms with E-state index in [0.717, 1.165) is 38.1 Å². The molecular formula is C14H24ClN3O2. The summed E-state index contributed by atoms with van der Waals surface area (Å²) >= 11 is 6.33. The minimum Gasteiger partial charge on any atom is -0.383 e. The van der Waals surface area contributed by atoms with E-state index < -0.39 is 0 Å². The highest BCUT2D eigenvalue weighted by atomic mass is 35.5. The maximum atomic E-state index is 6.33. The largest absolute Gasteiger partial charge is 0.383 e. The van der Waals surface area contributed by atoms with E-state index in [0.29, 0.717) is 24.3 Å². The molecule has 5 nitrogen and oxygen atoms in total. The van der Waals surface area contributed by atoms with Gasteiger partial charge in [-0.1, -0.05) is 18.5 Å². The Hall–Kier alpha value is -0.620. The molecule has 0 spiro atoms. The molecule has 2 atom stereocenters. The van der Waals surface area contributed by atoms with E-state index in [1.807, 2.05) is 4.68 Å². The summed E-state index contributed by atoms with van der Waals surface area (Å²) in [6.07, 6.45) is 5.26. The Bertz CT molecular complexity index is 405.